The van der Waals surface area contributed by atoms with Gasteiger partial charge in [-0.25, -0.2) is 4.39 Å². The van der Waals surface area contributed by atoms with E-state index >= 15 is 0 Å². The molecule has 0 bridgehead atoms. The molecule has 2 rings (SSSR count). The second-order valence-electron chi connectivity index (χ2n) is 3.92. The molecule has 0 aliphatic carbocycles. The van der Waals surface area contributed by atoms with Crippen molar-refractivity contribution in [3.05, 3.63) is 41.8 Å². The highest BCUT2D eigenvalue weighted by Gasteiger charge is 2.10. The fourth-order valence-electron chi connectivity index (χ4n) is 1.57. The van der Waals surface area contributed by atoms with Crippen LogP contribution in [0.25, 0.3) is 11.3 Å². The molecule has 100 valence electrons. The Bertz CT molecular complexity index is 551. The van der Waals surface area contributed by atoms with Crippen molar-refractivity contribution in [2.24, 2.45) is 0 Å². The van der Waals surface area contributed by atoms with Crippen LogP contribution in [0.2, 0.25) is 0 Å². The number of ether oxygens (including phenoxy) is 1. The topological polar surface area (TPSA) is 67.0 Å². The lowest BCUT2D eigenvalue weighted by molar-refractivity contribution is 0.0932. The molecule has 0 unspecified atom stereocenters. The quantitative estimate of drug-likeness (QED) is 0.805. The van der Waals surface area contributed by atoms with Gasteiger partial charge < -0.3 is 10.1 Å². The monoisotopic (exact) mass is 263 g/mol. The van der Waals surface area contributed by atoms with Crippen molar-refractivity contribution in [3.8, 4) is 11.3 Å². The first-order chi connectivity index (χ1) is 9.20. The number of amides is 1. The number of hydrogen-bond acceptors (Lipinski definition) is 3. The van der Waals surface area contributed by atoms with Crippen LogP contribution in [0.15, 0.2) is 30.3 Å². The Morgan fingerprint density at radius 3 is 2.84 bits per heavy atom. The zero-order valence-electron chi connectivity index (χ0n) is 10.4. The van der Waals surface area contributed by atoms with Gasteiger partial charge in [-0.05, 0) is 30.3 Å². The smallest absolute Gasteiger partial charge is 0.269 e. The molecule has 5 nitrogen and oxygen atoms in total. The molecule has 0 radical (unpaired) electrons. The number of nitrogens with one attached hydrogen (secondary N) is 2. The van der Waals surface area contributed by atoms with Gasteiger partial charge in [0.1, 0.15) is 11.5 Å². The first-order valence-electron chi connectivity index (χ1n) is 5.79. The van der Waals surface area contributed by atoms with Crippen molar-refractivity contribution in [1.29, 1.82) is 0 Å². The lowest BCUT2D eigenvalue weighted by Gasteiger charge is -2.01. The normalized spacial score (nSPS) is 10.4. The average Bonchev–Trinajstić information content (AvgIpc) is 2.89. The minimum Gasteiger partial charge on any atom is -0.383 e. The van der Waals surface area contributed by atoms with Gasteiger partial charge in [0, 0.05) is 19.2 Å². The molecule has 0 aliphatic rings. The summed E-state index contributed by atoms with van der Waals surface area (Å²) in [6.45, 7) is 0.880. The van der Waals surface area contributed by atoms with Crippen LogP contribution >= 0.6 is 0 Å². The van der Waals surface area contributed by atoms with E-state index in [4.69, 9.17) is 4.74 Å². The van der Waals surface area contributed by atoms with Gasteiger partial charge in [0.25, 0.3) is 5.91 Å². The number of aromatic nitrogens is 2. The first-order valence-corrected chi connectivity index (χ1v) is 5.79. The van der Waals surface area contributed by atoms with E-state index in [-0.39, 0.29) is 11.7 Å². The first kappa shape index (κ1) is 13.2. The van der Waals surface area contributed by atoms with Gasteiger partial charge in [0.05, 0.1) is 12.3 Å². The Hall–Kier alpha value is -2.21. The van der Waals surface area contributed by atoms with Crippen molar-refractivity contribution in [2.75, 3.05) is 20.3 Å². The summed E-state index contributed by atoms with van der Waals surface area (Å²) in [5, 5.41) is 9.35. The standard InChI is InChI=1S/C13H14FN3O2/c1-19-7-6-15-13(18)12-8-11(16-17-12)9-2-4-10(14)5-3-9/h2-5,8H,6-7H2,1H3,(H,15,18)(H,16,17). The molecule has 1 aromatic carbocycles. The van der Waals surface area contributed by atoms with Gasteiger partial charge in [0.2, 0.25) is 0 Å². The molecular formula is C13H14FN3O2. The van der Waals surface area contributed by atoms with Crippen LogP contribution in [0.5, 0.6) is 0 Å². The average molecular weight is 263 g/mol. The third-order valence-electron chi connectivity index (χ3n) is 2.55. The SMILES string of the molecule is COCCNC(=O)c1cc(-c2ccc(F)cc2)n[nH]1. The number of rotatable bonds is 5. The Morgan fingerprint density at radius 2 is 2.16 bits per heavy atom. The highest BCUT2D eigenvalue weighted by molar-refractivity contribution is 5.93. The van der Waals surface area contributed by atoms with Crippen molar-refractivity contribution in [3.63, 3.8) is 0 Å². The Balaban J connectivity index is 2.06. The van der Waals surface area contributed by atoms with E-state index in [1.165, 1.54) is 12.1 Å². The zero-order valence-corrected chi connectivity index (χ0v) is 10.4. The van der Waals surface area contributed by atoms with E-state index in [2.05, 4.69) is 15.5 Å². The summed E-state index contributed by atoms with van der Waals surface area (Å²) in [5.74, 6) is -0.560. The Labute approximate surface area is 109 Å². The molecule has 0 saturated carbocycles. The van der Waals surface area contributed by atoms with E-state index in [1.54, 1.807) is 25.3 Å². The predicted octanol–water partition coefficient (Wildman–Crippen LogP) is 1.59. The molecule has 2 N–H and O–H groups in total. The minimum atomic E-state index is -0.309. The summed E-state index contributed by atoms with van der Waals surface area (Å²) in [6.07, 6.45) is 0. The third-order valence-corrected chi connectivity index (χ3v) is 2.55. The second-order valence-corrected chi connectivity index (χ2v) is 3.92. The summed E-state index contributed by atoms with van der Waals surface area (Å²) in [6, 6.07) is 7.54. The number of hydrogen-bond donors (Lipinski definition) is 2. The number of nitrogens with zero attached hydrogens (tertiary/aromatic N) is 1. The number of halogens is 1. The minimum absolute atomic E-state index is 0.252. The molecule has 2 aromatic rings. The fraction of sp³-hybridized carbons (Fsp3) is 0.231. The van der Waals surface area contributed by atoms with Gasteiger partial charge in [-0.1, -0.05) is 0 Å². The van der Waals surface area contributed by atoms with Crippen molar-refractivity contribution < 1.29 is 13.9 Å². The molecular weight excluding hydrogens is 249 g/mol. The van der Waals surface area contributed by atoms with Gasteiger partial charge in [-0.15, -0.1) is 0 Å². The lowest BCUT2D eigenvalue weighted by atomic mass is 10.1. The van der Waals surface area contributed by atoms with Crippen molar-refractivity contribution in [1.82, 2.24) is 15.5 Å². The molecule has 6 heteroatoms. The van der Waals surface area contributed by atoms with Crippen molar-refractivity contribution in [2.45, 2.75) is 0 Å². The van der Waals surface area contributed by atoms with E-state index in [0.29, 0.717) is 24.5 Å². The number of carbonyl (C=O) groups excluding carboxylic acids is 1. The molecule has 0 atom stereocenters. The maximum Gasteiger partial charge on any atom is 0.269 e. The van der Waals surface area contributed by atoms with Gasteiger partial charge >= 0.3 is 0 Å². The van der Waals surface area contributed by atoms with E-state index in [9.17, 15) is 9.18 Å². The fourth-order valence-corrected chi connectivity index (χ4v) is 1.57. The van der Waals surface area contributed by atoms with Crippen LogP contribution in [0.4, 0.5) is 4.39 Å². The van der Waals surface area contributed by atoms with E-state index in [0.717, 1.165) is 5.56 Å². The third kappa shape index (κ3) is 3.38. The van der Waals surface area contributed by atoms with Crippen LogP contribution in [0, 0.1) is 5.82 Å². The molecule has 0 saturated heterocycles. The second kappa shape index (κ2) is 6.10. The number of carbonyl (C=O) groups is 1. The largest absolute Gasteiger partial charge is 0.383 e. The number of benzene rings is 1. The molecule has 0 spiro atoms. The molecule has 1 heterocycles. The van der Waals surface area contributed by atoms with Gasteiger partial charge in [-0.3, -0.25) is 9.89 Å². The van der Waals surface area contributed by atoms with Crippen LogP contribution in [0.1, 0.15) is 10.5 Å². The Morgan fingerprint density at radius 1 is 1.42 bits per heavy atom. The predicted molar refractivity (Wildman–Crippen MR) is 68.2 cm³/mol. The van der Waals surface area contributed by atoms with Crippen LogP contribution in [0.3, 0.4) is 0 Å². The zero-order chi connectivity index (χ0) is 13.7. The summed E-state index contributed by atoms with van der Waals surface area (Å²) in [4.78, 5) is 11.7. The van der Waals surface area contributed by atoms with Gasteiger partial charge in [-0.2, -0.15) is 5.10 Å². The van der Waals surface area contributed by atoms with E-state index in [1.807, 2.05) is 0 Å². The summed E-state index contributed by atoms with van der Waals surface area (Å²) >= 11 is 0. The highest BCUT2D eigenvalue weighted by Crippen LogP contribution is 2.17. The van der Waals surface area contributed by atoms with Crippen LogP contribution in [-0.2, 0) is 4.74 Å². The van der Waals surface area contributed by atoms with Gasteiger partial charge in [0.15, 0.2) is 0 Å². The maximum atomic E-state index is 12.8. The Kier molecular flexibility index (Phi) is 4.25. The molecule has 0 fully saturated rings. The van der Waals surface area contributed by atoms with Crippen LogP contribution in [-0.4, -0.2) is 36.4 Å². The highest BCUT2D eigenvalue weighted by atomic mass is 19.1. The molecule has 1 amide bonds. The molecule has 1 aromatic heterocycles. The van der Waals surface area contributed by atoms with E-state index < -0.39 is 0 Å². The lowest BCUT2D eigenvalue weighted by Crippen LogP contribution is -2.27. The maximum absolute atomic E-state index is 12.8. The molecule has 0 aliphatic heterocycles. The van der Waals surface area contributed by atoms with Crippen molar-refractivity contribution >= 4 is 5.91 Å². The van der Waals surface area contributed by atoms with Crippen LogP contribution < -0.4 is 5.32 Å². The summed E-state index contributed by atoms with van der Waals surface area (Å²) in [5.41, 5.74) is 1.70. The summed E-state index contributed by atoms with van der Waals surface area (Å²) in [7, 11) is 1.56. The molecule has 19 heavy (non-hydrogen) atoms. The summed E-state index contributed by atoms with van der Waals surface area (Å²) < 4.78 is 17.6. The number of methoxy groups -OCH3 is 1. The number of H-pyrrole nitrogens is 1. The number of aromatic amines is 1.